The maximum Gasteiger partial charge on any atom is 0.0764 e. The van der Waals surface area contributed by atoms with Crippen LogP contribution in [-0.2, 0) is 6.42 Å². The highest BCUT2D eigenvalue weighted by atomic mass is 16.3. The van der Waals surface area contributed by atoms with Crippen molar-refractivity contribution >= 4 is 0 Å². The Morgan fingerprint density at radius 2 is 1.76 bits per heavy atom. The van der Waals surface area contributed by atoms with E-state index in [0.29, 0.717) is 0 Å². The molecule has 2 nitrogen and oxygen atoms in total. The molecule has 1 aromatic rings. The monoisotopic (exact) mass is 287 g/mol. The minimum absolute atomic E-state index is 0.0622. The summed E-state index contributed by atoms with van der Waals surface area (Å²) in [5, 5.41) is 11.1. The molecule has 21 heavy (non-hydrogen) atoms. The van der Waals surface area contributed by atoms with Crippen molar-refractivity contribution < 1.29 is 5.11 Å². The predicted molar refractivity (Wildman–Crippen MR) is 87.6 cm³/mol. The van der Waals surface area contributed by atoms with E-state index in [1.807, 2.05) is 0 Å². The number of aliphatic hydroxyl groups is 1. The van der Waals surface area contributed by atoms with Gasteiger partial charge in [-0.3, -0.25) is 4.90 Å². The summed E-state index contributed by atoms with van der Waals surface area (Å²) >= 11 is 0. The predicted octanol–water partition coefficient (Wildman–Crippen LogP) is 3.62. The Bertz CT molecular complexity index is 484. The van der Waals surface area contributed by atoms with Gasteiger partial charge in [0.2, 0.25) is 0 Å². The van der Waals surface area contributed by atoms with Crippen LogP contribution < -0.4 is 0 Å². The largest absolute Gasteiger partial charge is 0.391 e. The average Bonchev–Trinajstić information content (AvgIpc) is 3.13. The number of benzene rings is 1. The Labute approximate surface area is 129 Å². The lowest BCUT2D eigenvalue weighted by atomic mass is 9.84. The number of aliphatic hydroxyl groups excluding tert-OH is 1. The van der Waals surface area contributed by atoms with Crippen LogP contribution >= 0.6 is 0 Å². The Kier molecular flexibility index (Phi) is 4.37. The molecule has 0 bridgehead atoms. The number of hydrogen-bond acceptors (Lipinski definition) is 2. The van der Waals surface area contributed by atoms with Gasteiger partial charge in [0.25, 0.3) is 0 Å². The highest BCUT2D eigenvalue weighted by Gasteiger charge is 2.45. The van der Waals surface area contributed by atoms with Crippen molar-refractivity contribution in [3.8, 4) is 0 Å². The van der Waals surface area contributed by atoms with Gasteiger partial charge in [0, 0.05) is 12.0 Å². The van der Waals surface area contributed by atoms with Gasteiger partial charge in [0.15, 0.2) is 0 Å². The third kappa shape index (κ3) is 2.89. The zero-order chi connectivity index (χ0) is 14.9. The number of likely N-dealkylation sites (tertiary alicyclic amines) is 1. The quantitative estimate of drug-likeness (QED) is 0.914. The maximum absolute atomic E-state index is 11.1. The number of hydrogen-bond donors (Lipinski definition) is 1. The van der Waals surface area contributed by atoms with Crippen LogP contribution in [0.1, 0.15) is 55.2 Å². The number of nitrogens with zero attached hydrogens (tertiary/aromatic N) is 1. The number of aryl methyl sites for hydroxylation is 2. The molecule has 116 valence electrons. The lowest BCUT2D eigenvalue weighted by molar-refractivity contribution is -0.0172. The summed E-state index contributed by atoms with van der Waals surface area (Å²) in [4.78, 5) is 2.61. The van der Waals surface area contributed by atoms with Gasteiger partial charge in [-0.25, -0.2) is 0 Å². The van der Waals surface area contributed by atoms with Gasteiger partial charge in [0.05, 0.1) is 6.10 Å². The molecule has 3 rings (SSSR count). The molecule has 1 aromatic carbocycles. The lowest BCUT2D eigenvalue weighted by Crippen LogP contribution is -2.54. The van der Waals surface area contributed by atoms with E-state index in [-0.39, 0.29) is 11.6 Å². The van der Waals surface area contributed by atoms with E-state index in [4.69, 9.17) is 0 Å². The molecule has 2 fully saturated rings. The molecule has 0 amide bonds. The molecule has 0 radical (unpaired) electrons. The van der Waals surface area contributed by atoms with Crippen LogP contribution in [0.15, 0.2) is 18.2 Å². The van der Waals surface area contributed by atoms with Gasteiger partial charge in [0.1, 0.15) is 0 Å². The van der Waals surface area contributed by atoms with Crippen molar-refractivity contribution in [2.45, 2.75) is 70.4 Å². The first-order valence-electron chi connectivity index (χ1n) is 8.61. The summed E-state index contributed by atoms with van der Waals surface area (Å²) in [5.41, 5.74) is 4.00. The summed E-state index contributed by atoms with van der Waals surface area (Å²) in [6.45, 7) is 6.67. The van der Waals surface area contributed by atoms with Gasteiger partial charge >= 0.3 is 0 Å². The third-order valence-electron chi connectivity index (χ3n) is 5.74. The highest BCUT2D eigenvalue weighted by Crippen LogP contribution is 2.41. The zero-order valence-electron chi connectivity index (χ0n) is 13.6. The molecule has 2 heteroatoms. The second-order valence-corrected chi connectivity index (χ2v) is 7.15. The normalized spacial score (nSPS) is 23.6. The first-order chi connectivity index (χ1) is 10.1. The van der Waals surface area contributed by atoms with Gasteiger partial charge < -0.3 is 5.11 Å². The van der Waals surface area contributed by atoms with Crippen LogP contribution in [0.3, 0.4) is 0 Å². The first kappa shape index (κ1) is 15.1. The maximum atomic E-state index is 11.1. The van der Waals surface area contributed by atoms with Crippen LogP contribution in [0, 0.1) is 13.8 Å². The molecule has 1 N–H and O–H groups in total. The minimum atomic E-state index is -0.224. The van der Waals surface area contributed by atoms with Crippen LogP contribution in [0.4, 0.5) is 0 Å². The van der Waals surface area contributed by atoms with Crippen molar-refractivity contribution in [2.75, 3.05) is 13.1 Å². The topological polar surface area (TPSA) is 23.5 Å². The molecule has 1 aliphatic heterocycles. The van der Waals surface area contributed by atoms with E-state index in [1.54, 1.807) is 0 Å². The van der Waals surface area contributed by atoms with Crippen LogP contribution in [0.25, 0.3) is 0 Å². The second kappa shape index (κ2) is 6.10. The van der Waals surface area contributed by atoms with Crippen LogP contribution in [-0.4, -0.2) is 34.7 Å². The summed E-state index contributed by atoms with van der Waals surface area (Å²) in [6.07, 6.45) is 8.11. The standard InChI is InChI=1S/C19H29NO/c1-15-7-8-16(2)17(13-15)14-18(21)19(9-3-4-10-19)20-11-5-6-12-20/h7-8,13,18,21H,3-6,9-12,14H2,1-2H3. The van der Waals surface area contributed by atoms with Crippen molar-refractivity contribution in [3.05, 3.63) is 34.9 Å². The minimum Gasteiger partial charge on any atom is -0.391 e. The molecule has 1 atom stereocenters. The van der Waals surface area contributed by atoms with E-state index < -0.39 is 0 Å². The van der Waals surface area contributed by atoms with Gasteiger partial charge in [-0.2, -0.15) is 0 Å². The molecule has 1 saturated carbocycles. The van der Waals surface area contributed by atoms with E-state index >= 15 is 0 Å². The molecule has 0 spiro atoms. The van der Waals surface area contributed by atoms with Crippen LogP contribution in [0.2, 0.25) is 0 Å². The second-order valence-electron chi connectivity index (χ2n) is 7.15. The third-order valence-corrected chi connectivity index (χ3v) is 5.74. The van der Waals surface area contributed by atoms with E-state index in [1.165, 1.54) is 68.3 Å². The van der Waals surface area contributed by atoms with E-state index in [0.717, 1.165) is 6.42 Å². The first-order valence-corrected chi connectivity index (χ1v) is 8.61. The fourth-order valence-electron chi connectivity index (χ4n) is 4.43. The van der Waals surface area contributed by atoms with Crippen LogP contribution in [0.5, 0.6) is 0 Å². The molecular formula is C19H29NO. The van der Waals surface area contributed by atoms with Gasteiger partial charge in [-0.15, -0.1) is 0 Å². The van der Waals surface area contributed by atoms with Gasteiger partial charge in [-0.05, 0) is 63.7 Å². The molecule has 2 aliphatic rings. The Morgan fingerprint density at radius 1 is 1.10 bits per heavy atom. The summed E-state index contributed by atoms with van der Waals surface area (Å²) in [6, 6.07) is 6.61. The van der Waals surface area contributed by atoms with Crippen molar-refractivity contribution in [2.24, 2.45) is 0 Å². The summed E-state index contributed by atoms with van der Waals surface area (Å²) in [5.74, 6) is 0. The molecule has 1 unspecified atom stereocenters. The van der Waals surface area contributed by atoms with Crippen molar-refractivity contribution in [3.63, 3.8) is 0 Å². The molecule has 1 heterocycles. The lowest BCUT2D eigenvalue weighted by Gasteiger charge is -2.43. The average molecular weight is 287 g/mol. The fourth-order valence-corrected chi connectivity index (χ4v) is 4.43. The van der Waals surface area contributed by atoms with Crippen molar-refractivity contribution in [1.82, 2.24) is 4.90 Å². The molecule has 1 aliphatic carbocycles. The Hall–Kier alpha value is -0.860. The van der Waals surface area contributed by atoms with Gasteiger partial charge in [-0.1, -0.05) is 36.6 Å². The molecule has 1 saturated heterocycles. The molecule has 0 aromatic heterocycles. The van der Waals surface area contributed by atoms with Crippen molar-refractivity contribution in [1.29, 1.82) is 0 Å². The summed E-state index contributed by atoms with van der Waals surface area (Å²) < 4.78 is 0. The smallest absolute Gasteiger partial charge is 0.0764 e. The van der Waals surface area contributed by atoms with E-state index in [2.05, 4.69) is 36.9 Å². The summed E-state index contributed by atoms with van der Waals surface area (Å²) in [7, 11) is 0. The number of rotatable bonds is 4. The zero-order valence-corrected chi connectivity index (χ0v) is 13.6. The molecular weight excluding hydrogens is 258 g/mol. The Morgan fingerprint density at radius 3 is 2.43 bits per heavy atom. The highest BCUT2D eigenvalue weighted by molar-refractivity contribution is 5.31. The SMILES string of the molecule is Cc1ccc(C)c(CC(O)C2(N3CCCC3)CCCC2)c1. The van der Waals surface area contributed by atoms with E-state index in [9.17, 15) is 5.11 Å². The Balaban J connectivity index is 1.81. The fraction of sp³-hybridized carbons (Fsp3) is 0.684.